The van der Waals surface area contributed by atoms with E-state index in [2.05, 4.69) is 22.0 Å². The number of ether oxygens (including phenoxy) is 2. The zero-order chi connectivity index (χ0) is 32.8. The Morgan fingerprint density at radius 1 is 0.933 bits per heavy atom. The van der Waals surface area contributed by atoms with Gasteiger partial charge >= 0.3 is 12.2 Å². The Morgan fingerprint density at radius 2 is 1.64 bits per heavy atom. The van der Waals surface area contributed by atoms with E-state index in [1.807, 2.05) is 62.4 Å². The Balaban J connectivity index is 1.57. The van der Waals surface area contributed by atoms with Crippen molar-refractivity contribution in [3.8, 4) is 0 Å². The van der Waals surface area contributed by atoms with Gasteiger partial charge in [0.1, 0.15) is 18.2 Å². The molecule has 0 saturated heterocycles. The molecule has 0 radical (unpaired) electrons. The molecule has 246 valence electrons. The number of amides is 4. The average Bonchev–Trinajstić information content (AvgIpc) is 2.99. The molecule has 1 aliphatic rings. The molecule has 0 heterocycles. The number of rotatable bonds is 14. The topological polar surface area (TPSA) is 126 Å². The van der Waals surface area contributed by atoms with E-state index in [0.29, 0.717) is 32.4 Å². The lowest BCUT2D eigenvalue weighted by molar-refractivity contribution is -0.139. The second-order valence-corrected chi connectivity index (χ2v) is 12.9. The highest BCUT2D eigenvalue weighted by molar-refractivity contribution is 5.90. The summed E-state index contributed by atoms with van der Waals surface area (Å²) in [6, 6.07) is 16.6. The second-order valence-electron chi connectivity index (χ2n) is 12.9. The number of hydrogen-bond donors (Lipinski definition) is 3. The first kappa shape index (κ1) is 35.4. The molecule has 4 amide bonds. The summed E-state index contributed by atoms with van der Waals surface area (Å²) >= 11 is 0. The summed E-state index contributed by atoms with van der Waals surface area (Å²) in [5, 5.41) is 8.62. The van der Waals surface area contributed by atoms with Gasteiger partial charge in [0, 0.05) is 13.1 Å². The van der Waals surface area contributed by atoms with Gasteiger partial charge in [-0.15, -0.1) is 0 Å². The number of nitrogens with zero attached hydrogens (tertiary/aromatic N) is 1. The van der Waals surface area contributed by atoms with Crippen LogP contribution in [-0.4, -0.2) is 60.2 Å². The highest BCUT2D eigenvalue weighted by Crippen LogP contribution is 2.29. The van der Waals surface area contributed by atoms with Gasteiger partial charge in [0.2, 0.25) is 11.8 Å². The minimum Gasteiger partial charge on any atom is -0.445 e. The van der Waals surface area contributed by atoms with Crippen LogP contribution in [0.1, 0.15) is 89.5 Å². The minimum absolute atomic E-state index is 0.104. The average molecular weight is 623 g/mol. The molecule has 2 aromatic carbocycles. The maximum absolute atomic E-state index is 13.8. The summed E-state index contributed by atoms with van der Waals surface area (Å²) in [7, 11) is 0. The molecule has 3 N–H and O–H groups in total. The van der Waals surface area contributed by atoms with Crippen molar-refractivity contribution >= 4 is 24.0 Å². The molecule has 45 heavy (non-hydrogen) atoms. The Labute approximate surface area is 267 Å². The summed E-state index contributed by atoms with van der Waals surface area (Å²) < 4.78 is 10.7. The van der Waals surface area contributed by atoms with Gasteiger partial charge in [-0.3, -0.25) is 9.59 Å². The van der Waals surface area contributed by atoms with Crippen molar-refractivity contribution in [2.45, 2.75) is 97.4 Å². The Bertz CT molecular complexity index is 1260. The molecule has 0 aliphatic heterocycles. The molecular formula is C35H50N4O6. The van der Waals surface area contributed by atoms with Crippen molar-refractivity contribution in [2.24, 2.45) is 5.92 Å². The van der Waals surface area contributed by atoms with Crippen molar-refractivity contribution in [1.82, 2.24) is 20.9 Å². The number of carbonyl (C=O) groups excluding carboxylic acids is 4. The predicted octanol–water partition coefficient (Wildman–Crippen LogP) is 5.65. The van der Waals surface area contributed by atoms with E-state index >= 15 is 0 Å². The van der Waals surface area contributed by atoms with Gasteiger partial charge in [-0.25, -0.2) is 9.59 Å². The SMILES string of the molecule is CC(C)[C@H](NC(=O)OC(C)(C)C)C(=O)N(CCCCCNC(=O)OCc1ccccc1)CC(=O)NC1CCCc2ccccc21. The van der Waals surface area contributed by atoms with Crippen LogP contribution in [0, 0.1) is 5.92 Å². The van der Waals surface area contributed by atoms with Crippen LogP contribution in [0.2, 0.25) is 0 Å². The van der Waals surface area contributed by atoms with Crippen LogP contribution in [-0.2, 0) is 32.1 Å². The number of fused-ring (bicyclic) bond motifs is 1. The number of nitrogens with one attached hydrogen (secondary N) is 3. The fourth-order valence-electron chi connectivity index (χ4n) is 5.30. The lowest BCUT2D eigenvalue weighted by Crippen LogP contribution is -2.54. The molecule has 0 fully saturated rings. The molecule has 1 unspecified atom stereocenters. The van der Waals surface area contributed by atoms with E-state index in [-0.39, 0.29) is 36.9 Å². The first-order valence-corrected chi connectivity index (χ1v) is 16.0. The Hall–Kier alpha value is -4.08. The maximum Gasteiger partial charge on any atom is 0.408 e. The number of benzene rings is 2. The summed E-state index contributed by atoms with van der Waals surface area (Å²) in [5.74, 6) is -0.808. The molecule has 10 nitrogen and oxygen atoms in total. The van der Waals surface area contributed by atoms with E-state index < -0.39 is 23.8 Å². The summed E-state index contributed by atoms with van der Waals surface area (Å²) in [5.41, 5.74) is 2.55. The summed E-state index contributed by atoms with van der Waals surface area (Å²) in [6.07, 6.45) is 3.65. The van der Waals surface area contributed by atoms with E-state index in [9.17, 15) is 19.2 Å². The van der Waals surface area contributed by atoms with Gasteiger partial charge in [0.05, 0.1) is 12.6 Å². The largest absolute Gasteiger partial charge is 0.445 e. The number of hydrogen-bond acceptors (Lipinski definition) is 6. The quantitative estimate of drug-likeness (QED) is 0.234. The van der Waals surface area contributed by atoms with E-state index in [4.69, 9.17) is 9.47 Å². The number of alkyl carbamates (subject to hydrolysis) is 2. The third-order valence-electron chi connectivity index (χ3n) is 7.54. The minimum atomic E-state index is -0.857. The standard InChI is InChI=1S/C35H50N4O6/c1-25(2)31(38-34(43)45-35(3,4)5)32(41)39(23-30(40)37-29-20-14-18-27-17-10-11-19-28(27)29)22-13-7-12-21-36-33(42)44-24-26-15-8-6-9-16-26/h6,8-11,15-17,19,25,29,31H,7,12-14,18,20-24H2,1-5H3,(H,36,42)(H,37,40)(H,38,43)/t29?,31-/m0/s1. The van der Waals surface area contributed by atoms with Gasteiger partial charge in [-0.1, -0.05) is 68.4 Å². The van der Waals surface area contributed by atoms with Crippen LogP contribution in [0.5, 0.6) is 0 Å². The highest BCUT2D eigenvalue weighted by atomic mass is 16.6. The van der Waals surface area contributed by atoms with Crippen molar-refractivity contribution in [3.63, 3.8) is 0 Å². The van der Waals surface area contributed by atoms with Crippen molar-refractivity contribution in [2.75, 3.05) is 19.6 Å². The van der Waals surface area contributed by atoms with Gasteiger partial charge < -0.3 is 30.3 Å². The molecule has 0 bridgehead atoms. The van der Waals surface area contributed by atoms with Gasteiger partial charge in [-0.2, -0.15) is 0 Å². The number of aryl methyl sites for hydroxylation is 1. The van der Waals surface area contributed by atoms with Crippen LogP contribution < -0.4 is 16.0 Å². The third-order valence-corrected chi connectivity index (χ3v) is 7.54. The molecule has 0 aromatic heterocycles. The molecule has 1 aliphatic carbocycles. The zero-order valence-corrected chi connectivity index (χ0v) is 27.4. The Morgan fingerprint density at radius 3 is 2.36 bits per heavy atom. The molecule has 0 spiro atoms. The predicted molar refractivity (Wildman–Crippen MR) is 173 cm³/mol. The van der Waals surface area contributed by atoms with E-state index in [1.54, 1.807) is 20.8 Å². The van der Waals surface area contributed by atoms with Crippen molar-refractivity contribution in [3.05, 3.63) is 71.3 Å². The summed E-state index contributed by atoms with van der Waals surface area (Å²) in [4.78, 5) is 53.3. The first-order chi connectivity index (χ1) is 21.4. The molecule has 2 atom stereocenters. The molecule has 10 heteroatoms. The monoisotopic (exact) mass is 622 g/mol. The van der Waals surface area contributed by atoms with Crippen LogP contribution >= 0.6 is 0 Å². The third kappa shape index (κ3) is 12.4. The fourth-order valence-corrected chi connectivity index (χ4v) is 5.30. The Kier molecular flexibility index (Phi) is 13.7. The lowest BCUT2D eigenvalue weighted by Gasteiger charge is -2.31. The van der Waals surface area contributed by atoms with Crippen LogP contribution in [0.3, 0.4) is 0 Å². The van der Waals surface area contributed by atoms with Crippen LogP contribution in [0.25, 0.3) is 0 Å². The first-order valence-electron chi connectivity index (χ1n) is 16.0. The lowest BCUT2D eigenvalue weighted by atomic mass is 9.88. The van der Waals surface area contributed by atoms with Gasteiger partial charge in [0.25, 0.3) is 0 Å². The molecule has 3 rings (SSSR count). The van der Waals surface area contributed by atoms with Crippen molar-refractivity contribution < 1.29 is 28.7 Å². The molecular weight excluding hydrogens is 572 g/mol. The van der Waals surface area contributed by atoms with E-state index in [0.717, 1.165) is 30.4 Å². The number of unbranched alkanes of at least 4 members (excludes halogenated alkanes) is 2. The maximum atomic E-state index is 13.8. The number of carbonyl (C=O) groups is 4. The van der Waals surface area contributed by atoms with Crippen molar-refractivity contribution in [1.29, 1.82) is 0 Å². The zero-order valence-electron chi connectivity index (χ0n) is 27.4. The molecule has 0 saturated carbocycles. The fraction of sp³-hybridized carbons (Fsp3) is 0.543. The highest BCUT2D eigenvalue weighted by Gasteiger charge is 2.32. The van der Waals surface area contributed by atoms with Gasteiger partial charge in [0.15, 0.2) is 0 Å². The second kappa shape index (κ2) is 17.4. The summed E-state index contributed by atoms with van der Waals surface area (Å²) in [6.45, 7) is 9.81. The van der Waals surface area contributed by atoms with Gasteiger partial charge in [-0.05, 0) is 81.9 Å². The van der Waals surface area contributed by atoms with Crippen LogP contribution in [0.15, 0.2) is 54.6 Å². The smallest absolute Gasteiger partial charge is 0.408 e. The van der Waals surface area contributed by atoms with E-state index in [1.165, 1.54) is 10.5 Å². The van der Waals surface area contributed by atoms with Crippen LogP contribution in [0.4, 0.5) is 9.59 Å². The normalized spacial score (nSPS) is 14.9. The molecule has 2 aromatic rings.